The summed E-state index contributed by atoms with van der Waals surface area (Å²) in [5.41, 5.74) is 4.56. The number of hydrogen-bond acceptors (Lipinski definition) is 4. The van der Waals surface area contributed by atoms with Gasteiger partial charge in [-0.1, -0.05) is 35.9 Å². The first-order valence-electron chi connectivity index (χ1n) is 8.44. The minimum atomic E-state index is -1.10. The van der Waals surface area contributed by atoms with Crippen LogP contribution < -0.4 is 9.47 Å². The molecule has 0 unspecified atom stereocenters. The van der Waals surface area contributed by atoms with Gasteiger partial charge in [0, 0.05) is 5.56 Å². The number of carboxylic acids is 1. The molecule has 3 aromatic rings. The van der Waals surface area contributed by atoms with Crippen molar-refractivity contribution >= 4 is 17.6 Å². The van der Waals surface area contributed by atoms with E-state index in [-0.39, 0.29) is 10.7 Å². The lowest BCUT2D eigenvalue weighted by atomic mass is 9.94. The number of aromatic nitrogens is 1. The molecule has 0 saturated carbocycles. The highest BCUT2D eigenvalue weighted by atomic mass is 35.5. The van der Waals surface area contributed by atoms with Crippen LogP contribution in [0, 0.1) is 6.92 Å². The number of benzene rings is 2. The average Bonchev–Trinajstić information content (AvgIpc) is 2.67. The Kier molecular flexibility index (Phi) is 4.46. The second-order valence-electron chi connectivity index (χ2n) is 6.18. The minimum Gasteiger partial charge on any atom is -0.486 e. The Labute approximate surface area is 161 Å². The lowest BCUT2D eigenvalue weighted by Crippen LogP contribution is -2.15. The van der Waals surface area contributed by atoms with Gasteiger partial charge in [-0.3, -0.25) is 0 Å². The molecule has 0 saturated heterocycles. The van der Waals surface area contributed by atoms with Gasteiger partial charge in [-0.25, -0.2) is 9.78 Å². The predicted octanol–water partition coefficient (Wildman–Crippen LogP) is 4.85. The van der Waals surface area contributed by atoms with Gasteiger partial charge >= 0.3 is 5.97 Å². The molecule has 0 aliphatic carbocycles. The number of carbonyl (C=O) groups is 1. The summed E-state index contributed by atoms with van der Waals surface area (Å²) in [4.78, 5) is 15.4. The van der Waals surface area contributed by atoms with Gasteiger partial charge < -0.3 is 14.6 Å². The van der Waals surface area contributed by atoms with Crippen molar-refractivity contribution in [3.63, 3.8) is 0 Å². The Morgan fingerprint density at radius 3 is 2.52 bits per heavy atom. The quantitative estimate of drug-likeness (QED) is 0.657. The number of ether oxygens (including phenoxy) is 2. The Hall–Kier alpha value is -3.05. The molecule has 1 aliphatic rings. The molecule has 1 aliphatic heterocycles. The second kappa shape index (κ2) is 6.93. The first-order valence-corrected chi connectivity index (χ1v) is 8.82. The molecular formula is C21H16ClNO4. The molecule has 27 heavy (non-hydrogen) atoms. The third-order valence-corrected chi connectivity index (χ3v) is 4.83. The number of carboxylic acid groups (broad SMARTS) is 1. The molecule has 1 aromatic heterocycles. The first kappa shape index (κ1) is 17.4. The van der Waals surface area contributed by atoms with E-state index in [9.17, 15) is 4.79 Å². The topological polar surface area (TPSA) is 68.7 Å². The molecule has 136 valence electrons. The number of rotatable bonds is 3. The average molecular weight is 382 g/mol. The number of aromatic carboxylic acids is 1. The minimum absolute atomic E-state index is 0.0129. The van der Waals surface area contributed by atoms with E-state index in [0.29, 0.717) is 18.9 Å². The number of pyridine rings is 1. The van der Waals surface area contributed by atoms with Crippen LogP contribution in [-0.4, -0.2) is 29.3 Å². The maximum atomic E-state index is 11.1. The van der Waals surface area contributed by atoms with Gasteiger partial charge in [-0.05, 0) is 47.9 Å². The highest BCUT2D eigenvalue weighted by Crippen LogP contribution is 2.37. The number of fused-ring (bicyclic) bond motifs is 1. The summed E-state index contributed by atoms with van der Waals surface area (Å²) in [6, 6.07) is 14.9. The Balaban J connectivity index is 1.78. The zero-order chi connectivity index (χ0) is 19.0. The van der Waals surface area contributed by atoms with E-state index in [4.69, 9.17) is 26.2 Å². The van der Waals surface area contributed by atoms with Crippen molar-refractivity contribution in [2.24, 2.45) is 0 Å². The van der Waals surface area contributed by atoms with Gasteiger partial charge in [-0.15, -0.1) is 0 Å². The largest absolute Gasteiger partial charge is 0.486 e. The molecule has 0 radical (unpaired) electrons. The molecule has 0 amide bonds. The number of nitrogens with zero attached hydrogens (tertiary/aromatic N) is 1. The molecule has 4 rings (SSSR count). The fourth-order valence-corrected chi connectivity index (χ4v) is 3.42. The lowest BCUT2D eigenvalue weighted by molar-refractivity contribution is 0.0696. The predicted molar refractivity (Wildman–Crippen MR) is 103 cm³/mol. The zero-order valence-electron chi connectivity index (χ0n) is 14.5. The fourth-order valence-electron chi connectivity index (χ4n) is 3.18. The van der Waals surface area contributed by atoms with Crippen molar-refractivity contribution in [1.82, 2.24) is 4.98 Å². The maximum absolute atomic E-state index is 11.1. The molecule has 0 spiro atoms. The number of halogens is 1. The van der Waals surface area contributed by atoms with E-state index in [1.54, 1.807) is 6.07 Å². The van der Waals surface area contributed by atoms with E-state index in [1.807, 2.05) is 43.3 Å². The van der Waals surface area contributed by atoms with E-state index < -0.39 is 5.97 Å². The maximum Gasteiger partial charge on any atom is 0.338 e. The summed E-state index contributed by atoms with van der Waals surface area (Å²) in [7, 11) is 0. The van der Waals surface area contributed by atoms with Crippen LogP contribution in [0.5, 0.6) is 11.5 Å². The van der Waals surface area contributed by atoms with Crippen molar-refractivity contribution in [2.75, 3.05) is 13.2 Å². The van der Waals surface area contributed by atoms with Crippen molar-refractivity contribution in [3.8, 4) is 33.9 Å². The Morgan fingerprint density at radius 2 is 1.78 bits per heavy atom. The molecule has 1 N–H and O–H groups in total. The molecule has 0 atom stereocenters. The van der Waals surface area contributed by atoms with Crippen molar-refractivity contribution in [2.45, 2.75) is 6.92 Å². The normalized spacial score (nSPS) is 12.7. The zero-order valence-corrected chi connectivity index (χ0v) is 15.3. The second-order valence-corrected chi connectivity index (χ2v) is 6.53. The van der Waals surface area contributed by atoms with Crippen LogP contribution >= 0.6 is 11.6 Å². The summed E-state index contributed by atoms with van der Waals surface area (Å²) in [5.74, 6) is 0.382. The molecule has 2 heterocycles. The van der Waals surface area contributed by atoms with Crippen LogP contribution in [0.2, 0.25) is 5.15 Å². The molecule has 6 heteroatoms. The van der Waals surface area contributed by atoms with E-state index >= 15 is 0 Å². The summed E-state index contributed by atoms with van der Waals surface area (Å²) in [6.07, 6.45) is 0. The summed E-state index contributed by atoms with van der Waals surface area (Å²) >= 11 is 6.04. The van der Waals surface area contributed by atoms with Gasteiger partial charge in [0.15, 0.2) is 11.5 Å². The summed E-state index contributed by atoms with van der Waals surface area (Å²) in [6.45, 7) is 3.09. The van der Waals surface area contributed by atoms with Gasteiger partial charge in [-0.2, -0.15) is 0 Å². The fraction of sp³-hybridized carbons (Fsp3) is 0.143. The highest BCUT2D eigenvalue weighted by Gasteiger charge is 2.16. The van der Waals surface area contributed by atoms with Crippen LogP contribution in [0.3, 0.4) is 0 Å². The summed E-state index contributed by atoms with van der Waals surface area (Å²) in [5, 5.41) is 9.10. The molecule has 5 nitrogen and oxygen atoms in total. The molecule has 0 fully saturated rings. The standard InChI is InChI=1S/C21H16ClNO4/c1-12-14(13-5-8-18-19(11-13)27-10-9-26-18)3-2-4-15(12)17-7-6-16(21(24)25)20(22)23-17/h2-8,11H,9-10H2,1H3,(H,24,25). The van der Waals surface area contributed by atoms with Crippen LogP contribution in [0.1, 0.15) is 15.9 Å². The van der Waals surface area contributed by atoms with Crippen LogP contribution in [0.15, 0.2) is 48.5 Å². The van der Waals surface area contributed by atoms with Crippen molar-refractivity contribution in [1.29, 1.82) is 0 Å². The number of hydrogen-bond donors (Lipinski definition) is 1. The Bertz CT molecular complexity index is 1050. The van der Waals surface area contributed by atoms with E-state index in [1.165, 1.54) is 6.07 Å². The van der Waals surface area contributed by atoms with Gasteiger partial charge in [0.25, 0.3) is 0 Å². The third-order valence-electron chi connectivity index (χ3n) is 4.54. The molecular weight excluding hydrogens is 366 g/mol. The summed E-state index contributed by atoms with van der Waals surface area (Å²) < 4.78 is 11.3. The van der Waals surface area contributed by atoms with Crippen molar-refractivity contribution in [3.05, 3.63) is 64.8 Å². The first-order chi connectivity index (χ1) is 13.0. The third kappa shape index (κ3) is 3.22. The van der Waals surface area contributed by atoms with E-state index in [2.05, 4.69) is 4.98 Å². The van der Waals surface area contributed by atoms with Gasteiger partial charge in [0.2, 0.25) is 0 Å². The highest BCUT2D eigenvalue weighted by molar-refractivity contribution is 6.32. The monoisotopic (exact) mass is 381 g/mol. The Morgan fingerprint density at radius 1 is 1.04 bits per heavy atom. The van der Waals surface area contributed by atoms with Crippen LogP contribution in [0.25, 0.3) is 22.4 Å². The molecule has 0 bridgehead atoms. The van der Waals surface area contributed by atoms with Crippen LogP contribution in [-0.2, 0) is 0 Å². The van der Waals surface area contributed by atoms with Crippen LogP contribution in [0.4, 0.5) is 0 Å². The smallest absolute Gasteiger partial charge is 0.338 e. The SMILES string of the molecule is Cc1c(-c2ccc3c(c2)OCCO3)cccc1-c1ccc(C(=O)O)c(Cl)n1. The van der Waals surface area contributed by atoms with Crippen molar-refractivity contribution < 1.29 is 19.4 Å². The van der Waals surface area contributed by atoms with E-state index in [0.717, 1.165) is 33.8 Å². The molecule has 2 aromatic carbocycles. The lowest BCUT2D eigenvalue weighted by Gasteiger charge is -2.19. The van der Waals surface area contributed by atoms with Gasteiger partial charge in [0.05, 0.1) is 11.3 Å². The van der Waals surface area contributed by atoms with Gasteiger partial charge in [0.1, 0.15) is 18.4 Å².